The van der Waals surface area contributed by atoms with Crippen molar-refractivity contribution in [2.45, 2.75) is 25.0 Å². The molecule has 0 aliphatic carbocycles. The Kier molecular flexibility index (Phi) is 7.24. The van der Waals surface area contributed by atoms with Gasteiger partial charge in [-0.2, -0.15) is 8.78 Å². The molecule has 2 aromatic heterocycles. The zero-order chi connectivity index (χ0) is 26.8. The van der Waals surface area contributed by atoms with Crippen LogP contribution in [0.5, 0.6) is 5.75 Å². The van der Waals surface area contributed by atoms with Gasteiger partial charge in [-0.1, -0.05) is 41.9 Å². The molecule has 1 saturated heterocycles. The summed E-state index contributed by atoms with van der Waals surface area (Å²) in [6.07, 6.45) is 3.42. The Balaban J connectivity index is 1.40. The molecule has 0 radical (unpaired) electrons. The second kappa shape index (κ2) is 10.7. The number of hydrogen-bond acceptors (Lipinski definition) is 5. The van der Waals surface area contributed by atoms with Gasteiger partial charge < -0.3 is 19.5 Å². The highest BCUT2D eigenvalue weighted by atomic mass is 35.5. The Morgan fingerprint density at radius 3 is 2.68 bits per heavy atom. The van der Waals surface area contributed by atoms with E-state index in [1.54, 1.807) is 27.9 Å². The monoisotopic (exact) mass is 539 g/mol. The summed E-state index contributed by atoms with van der Waals surface area (Å²) < 4.78 is 32.0. The number of hydrogen-bond donors (Lipinski definition) is 1. The lowest BCUT2D eigenvalue weighted by Crippen LogP contribution is -2.51. The molecule has 3 heterocycles. The van der Waals surface area contributed by atoms with E-state index in [-0.39, 0.29) is 29.3 Å². The van der Waals surface area contributed by atoms with E-state index in [1.807, 2.05) is 37.4 Å². The van der Waals surface area contributed by atoms with Crippen molar-refractivity contribution in [3.05, 3.63) is 89.0 Å². The van der Waals surface area contributed by atoms with Gasteiger partial charge in [-0.3, -0.25) is 9.59 Å². The van der Waals surface area contributed by atoms with Gasteiger partial charge in [-0.15, -0.1) is 0 Å². The lowest BCUT2D eigenvalue weighted by Gasteiger charge is -2.39. The molecule has 1 aliphatic rings. The molecule has 1 fully saturated rings. The van der Waals surface area contributed by atoms with Crippen molar-refractivity contribution in [1.82, 2.24) is 24.8 Å². The molecule has 0 bridgehead atoms. The molecule has 196 valence electrons. The molecule has 2 aromatic carbocycles. The van der Waals surface area contributed by atoms with Crippen molar-refractivity contribution >= 4 is 34.4 Å². The number of benzene rings is 2. The summed E-state index contributed by atoms with van der Waals surface area (Å²) in [4.78, 5) is 36.6. The fraction of sp³-hybridized carbons (Fsp3) is 0.259. The van der Waals surface area contributed by atoms with Crippen LogP contribution in [-0.4, -0.2) is 57.0 Å². The van der Waals surface area contributed by atoms with Crippen molar-refractivity contribution in [2.75, 3.05) is 13.1 Å². The Bertz CT molecular complexity index is 1480. The number of nitrogens with one attached hydrogen (secondary N) is 1. The van der Waals surface area contributed by atoms with Gasteiger partial charge in [0.15, 0.2) is 11.4 Å². The first-order chi connectivity index (χ1) is 18.3. The molecule has 0 unspecified atom stereocenters. The number of carbonyl (C=O) groups excluding carboxylic acids is 2. The van der Waals surface area contributed by atoms with E-state index in [0.29, 0.717) is 35.6 Å². The summed E-state index contributed by atoms with van der Waals surface area (Å²) in [5.41, 5.74) is 2.53. The summed E-state index contributed by atoms with van der Waals surface area (Å²) in [5.74, 6) is -1.36. The Hall–Kier alpha value is -4.05. The van der Waals surface area contributed by atoms with E-state index >= 15 is 0 Å². The molecule has 5 rings (SSSR count). The van der Waals surface area contributed by atoms with Crippen LogP contribution >= 0.6 is 11.6 Å². The number of aryl methyl sites for hydroxylation is 1. The molecule has 1 aliphatic heterocycles. The van der Waals surface area contributed by atoms with Crippen LogP contribution in [0.1, 0.15) is 38.7 Å². The highest BCUT2D eigenvalue weighted by Gasteiger charge is 2.35. The predicted molar refractivity (Wildman–Crippen MR) is 138 cm³/mol. The Morgan fingerprint density at radius 1 is 1.13 bits per heavy atom. The maximum Gasteiger partial charge on any atom is 0.387 e. The maximum absolute atomic E-state index is 13.6. The van der Waals surface area contributed by atoms with Crippen molar-refractivity contribution in [1.29, 1.82) is 0 Å². The van der Waals surface area contributed by atoms with E-state index in [1.165, 1.54) is 18.3 Å². The summed E-state index contributed by atoms with van der Waals surface area (Å²) in [6.45, 7) is -2.38. The molecule has 4 aromatic rings. The molecule has 8 nitrogen and oxygen atoms in total. The van der Waals surface area contributed by atoms with Crippen molar-refractivity contribution in [2.24, 2.45) is 7.05 Å². The number of nitrogens with zero attached hydrogens (tertiary/aromatic N) is 4. The quantitative estimate of drug-likeness (QED) is 0.385. The minimum Gasteiger partial charge on any atom is -0.432 e. The second-order valence-electron chi connectivity index (χ2n) is 9.05. The number of pyridine rings is 1. The molecule has 0 saturated carbocycles. The van der Waals surface area contributed by atoms with Gasteiger partial charge in [-0.25, -0.2) is 9.97 Å². The highest BCUT2D eigenvalue weighted by molar-refractivity contribution is 6.35. The first-order valence-corrected chi connectivity index (χ1v) is 12.3. The first kappa shape index (κ1) is 25.6. The number of fused-ring (bicyclic) bond motifs is 1. The highest BCUT2D eigenvalue weighted by Crippen LogP contribution is 2.31. The van der Waals surface area contributed by atoms with Gasteiger partial charge in [-0.05, 0) is 36.2 Å². The molecule has 0 spiro atoms. The zero-order valence-electron chi connectivity index (χ0n) is 20.4. The number of likely N-dealkylation sites (tertiary alicyclic amines) is 1. The summed E-state index contributed by atoms with van der Waals surface area (Å²) in [6, 6.07) is 15.2. The Morgan fingerprint density at radius 2 is 1.92 bits per heavy atom. The van der Waals surface area contributed by atoms with Gasteiger partial charge >= 0.3 is 6.61 Å². The number of ether oxygens (including phenoxy) is 1. The standard InChI is InChI=1S/C27H24ClF2N5O3/c1-34-15-32-23-19(28)12-17(13-21(23)34)26(37)35-11-9-20(18(14-35)16-6-3-2-4-7-16)33-25(36)24-22(38-27(29)30)8-5-10-31-24/h2-8,10,12-13,15,18,20,27H,9,11,14H2,1H3,(H,33,36)/t18-,20-/m1/s1. The number of piperidine rings is 1. The minimum absolute atomic E-state index is 0.182. The molecular formula is C27H24ClF2N5O3. The number of carbonyl (C=O) groups is 2. The van der Waals surface area contributed by atoms with Crippen LogP contribution in [0.3, 0.4) is 0 Å². The first-order valence-electron chi connectivity index (χ1n) is 12.0. The van der Waals surface area contributed by atoms with Crippen LogP contribution < -0.4 is 10.1 Å². The van der Waals surface area contributed by atoms with Gasteiger partial charge in [0.05, 0.1) is 16.9 Å². The van der Waals surface area contributed by atoms with Gasteiger partial charge in [0.25, 0.3) is 11.8 Å². The molecule has 1 N–H and O–H groups in total. The van der Waals surface area contributed by atoms with Crippen LogP contribution in [-0.2, 0) is 7.05 Å². The minimum atomic E-state index is -3.09. The topological polar surface area (TPSA) is 89.4 Å². The molecule has 2 amide bonds. The van der Waals surface area contributed by atoms with E-state index in [9.17, 15) is 18.4 Å². The van der Waals surface area contributed by atoms with E-state index in [2.05, 4.69) is 20.0 Å². The van der Waals surface area contributed by atoms with Crippen LogP contribution in [0.4, 0.5) is 8.78 Å². The number of rotatable bonds is 6. The second-order valence-corrected chi connectivity index (χ2v) is 9.45. The van der Waals surface area contributed by atoms with Crippen molar-refractivity contribution < 1.29 is 23.1 Å². The maximum atomic E-state index is 13.6. The number of imidazole rings is 1. The van der Waals surface area contributed by atoms with E-state index in [4.69, 9.17) is 11.6 Å². The summed E-state index contributed by atoms with van der Waals surface area (Å²) in [7, 11) is 1.83. The van der Waals surface area contributed by atoms with Crippen molar-refractivity contribution in [3.8, 4) is 5.75 Å². The van der Waals surface area contributed by atoms with Gasteiger partial charge in [0, 0.05) is 43.9 Å². The van der Waals surface area contributed by atoms with Crippen LogP contribution in [0, 0.1) is 0 Å². The Labute approximate surface area is 222 Å². The van der Waals surface area contributed by atoms with E-state index < -0.39 is 12.5 Å². The third-order valence-corrected chi connectivity index (χ3v) is 6.96. The number of halogens is 3. The smallest absolute Gasteiger partial charge is 0.387 e. The predicted octanol–water partition coefficient (Wildman–Crippen LogP) is 4.65. The van der Waals surface area contributed by atoms with Gasteiger partial charge in [0.2, 0.25) is 0 Å². The van der Waals surface area contributed by atoms with Crippen LogP contribution in [0.2, 0.25) is 5.02 Å². The number of alkyl halides is 2. The van der Waals surface area contributed by atoms with Crippen LogP contribution in [0.15, 0.2) is 67.1 Å². The largest absolute Gasteiger partial charge is 0.432 e. The number of aromatic nitrogens is 3. The summed E-state index contributed by atoms with van der Waals surface area (Å²) in [5, 5.41) is 3.33. The molecular weight excluding hydrogens is 516 g/mol. The molecule has 38 heavy (non-hydrogen) atoms. The molecule has 2 atom stereocenters. The summed E-state index contributed by atoms with van der Waals surface area (Å²) >= 11 is 6.41. The van der Waals surface area contributed by atoms with E-state index in [0.717, 1.165) is 11.1 Å². The normalized spacial score (nSPS) is 17.6. The van der Waals surface area contributed by atoms with Crippen molar-refractivity contribution in [3.63, 3.8) is 0 Å². The number of amides is 2. The third kappa shape index (κ3) is 5.17. The lowest BCUT2D eigenvalue weighted by molar-refractivity contribution is -0.0504. The average molecular weight is 540 g/mol. The third-order valence-electron chi connectivity index (χ3n) is 6.68. The SMILES string of the molecule is Cn1cnc2c(Cl)cc(C(=O)N3CC[C@@H](NC(=O)c4ncccc4OC(F)F)[C@@H](c4ccccc4)C3)cc21. The average Bonchev–Trinajstić information content (AvgIpc) is 3.30. The molecule has 11 heteroatoms. The van der Waals surface area contributed by atoms with Crippen LogP contribution in [0.25, 0.3) is 11.0 Å². The fourth-order valence-corrected chi connectivity index (χ4v) is 5.09. The zero-order valence-corrected chi connectivity index (χ0v) is 21.1. The fourth-order valence-electron chi connectivity index (χ4n) is 4.83. The van der Waals surface area contributed by atoms with Gasteiger partial charge in [0.1, 0.15) is 5.52 Å². The lowest BCUT2D eigenvalue weighted by atomic mass is 9.85.